The quantitative estimate of drug-likeness (QED) is 0.832. The van der Waals surface area contributed by atoms with Crippen molar-refractivity contribution in [1.29, 1.82) is 0 Å². The zero-order valence-electron chi connectivity index (χ0n) is 12.7. The minimum atomic E-state index is -1.50. The molecular weight excluding hydrogens is 311 g/mol. The highest BCUT2D eigenvalue weighted by atomic mass is 19.2. The molecule has 1 spiro atoms. The molecule has 7 heteroatoms. The lowest BCUT2D eigenvalue weighted by Crippen LogP contribution is -2.43. The van der Waals surface area contributed by atoms with Crippen LogP contribution in [0, 0.1) is 17.5 Å². The molecule has 0 bridgehead atoms. The highest BCUT2D eigenvalue weighted by Gasteiger charge is 2.40. The van der Waals surface area contributed by atoms with Gasteiger partial charge < -0.3 is 19.9 Å². The molecule has 1 unspecified atom stereocenters. The lowest BCUT2D eigenvalue weighted by molar-refractivity contribution is -0.179. The summed E-state index contributed by atoms with van der Waals surface area (Å²) in [6, 6.07) is 1.26. The molecule has 23 heavy (non-hydrogen) atoms. The molecule has 1 atom stereocenters. The van der Waals surface area contributed by atoms with Crippen LogP contribution >= 0.6 is 0 Å². The van der Waals surface area contributed by atoms with Gasteiger partial charge >= 0.3 is 0 Å². The van der Waals surface area contributed by atoms with E-state index in [1.54, 1.807) is 0 Å². The first-order chi connectivity index (χ1) is 11.0. The summed E-state index contributed by atoms with van der Waals surface area (Å²) in [7, 11) is 0. The van der Waals surface area contributed by atoms with Crippen LogP contribution in [0.3, 0.4) is 0 Å². The maximum atomic E-state index is 13.4. The van der Waals surface area contributed by atoms with Crippen molar-refractivity contribution in [2.75, 3.05) is 19.8 Å². The smallest absolute Gasteiger partial charge is 0.194 e. The maximum Gasteiger partial charge on any atom is 0.194 e. The third kappa shape index (κ3) is 3.52. The molecule has 2 aliphatic rings. The second-order valence-corrected chi connectivity index (χ2v) is 6.08. The zero-order chi connectivity index (χ0) is 16.4. The normalized spacial score (nSPS) is 22.6. The molecule has 0 aromatic heterocycles. The Bertz CT molecular complexity index is 530. The van der Waals surface area contributed by atoms with Gasteiger partial charge in [0, 0.05) is 18.9 Å². The van der Waals surface area contributed by atoms with Gasteiger partial charge in [-0.15, -0.1) is 0 Å². The van der Waals surface area contributed by atoms with Gasteiger partial charge in [-0.2, -0.15) is 0 Å². The first kappa shape index (κ1) is 16.7. The second-order valence-electron chi connectivity index (χ2n) is 6.08. The molecule has 1 saturated heterocycles. The van der Waals surface area contributed by atoms with Crippen LogP contribution in [-0.2, 0) is 9.47 Å². The molecule has 1 saturated carbocycles. The molecule has 4 nitrogen and oxygen atoms in total. The fourth-order valence-corrected chi connectivity index (χ4v) is 3.33. The van der Waals surface area contributed by atoms with Gasteiger partial charge in [0.05, 0.1) is 25.9 Å². The molecule has 1 aliphatic carbocycles. The number of aliphatic hydroxyl groups is 1. The van der Waals surface area contributed by atoms with Crippen LogP contribution in [0.15, 0.2) is 12.1 Å². The minimum absolute atomic E-state index is 0.0711. The van der Waals surface area contributed by atoms with Gasteiger partial charge in [0.1, 0.15) is 0 Å². The van der Waals surface area contributed by atoms with E-state index in [2.05, 4.69) is 5.32 Å². The van der Waals surface area contributed by atoms with Crippen molar-refractivity contribution in [2.24, 2.45) is 0 Å². The number of ether oxygens (including phenoxy) is 2. The van der Waals surface area contributed by atoms with E-state index < -0.39 is 29.3 Å². The molecule has 1 aromatic rings. The molecule has 1 heterocycles. The Morgan fingerprint density at radius 1 is 1.13 bits per heavy atom. The van der Waals surface area contributed by atoms with Crippen molar-refractivity contribution in [3.05, 3.63) is 35.1 Å². The molecule has 1 aromatic carbocycles. The van der Waals surface area contributed by atoms with Crippen molar-refractivity contribution >= 4 is 0 Å². The van der Waals surface area contributed by atoms with Gasteiger partial charge in [0.2, 0.25) is 0 Å². The van der Waals surface area contributed by atoms with Gasteiger partial charge in [0.25, 0.3) is 0 Å². The lowest BCUT2D eigenvalue weighted by atomic mass is 9.89. The Hall–Kier alpha value is -1.15. The van der Waals surface area contributed by atoms with Gasteiger partial charge in [-0.25, -0.2) is 13.2 Å². The molecule has 2 N–H and O–H groups in total. The topological polar surface area (TPSA) is 50.7 Å². The summed E-state index contributed by atoms with van der Waals surface area (Å²) in [5.74, 6) is -4.49. The van der Waals surface area contributed by atoms with E-state index in [9.17, 15) is 18.3 Å². The summed E-state index contributed by atoms with van der Waals surface area (Å²) in [5.41, 5.74) is 0.192. The number of hydrogen-bond acceptors (Lipinski definition) is 4. The van der Waals surface area contributed by atoms with Crippen molar-refractivity contribution in [3.63, 3.8) is 0 Å². The van der Waals surface area contributed by atoms with Crippen LogP contribution in [-0.4, -0.2) is 36.8 Å². The van der Waals surface area contributed by atoms with Crippen LogP contribution in [0.2, 0.25) is 0 Å². The van der Waals surface area contributed by atoms with E-state index in [1.807, 2.05) is 0 Å². The van der Waals surface area contributed by atoms with E-state index in [0.717, 1.165) is 37.8 Å². The minimum Gasteiger partial charge on any atom is -0.394 e. The van der Waals surface area contributed by atoms with Crippen LogP contribution in [0.1, 0.15) is 37.3 Å². The summed E-state index contributed by atoms with van der Waals surface area (Å²) in [4.78, 5) is 0. The summed E-state index contributed by atoms with van der Waals surface area (Å²) in [6.45, 7) is 0.871. The van der Waals surface area contributed by atoms with E-state index in [0.29, 0.717) is 13.2 Å². The summed E-state index contributed by atoms with van der Waals surface area (Å²) >= 11 is 0. The molecule has 3 rings (SSSR count). The molecule has 128 valence electrons. The number of benzene rings is 1. The molecular formula is C16H20F3NO3. The fourth-order valence-electron chi connectivity index (χ4n) is 3.33. The summed E-state index contributed by atoms with van der Waals surface area (Å²) in [5, 5.41) is 12.7. The number of aliphatic hydroxyl groups excluding tert-OH is 1. The third-order valence-corrected chi connectivity index (χ3v) is 4.59. The van der Waals surface area contributed by atoms with Crippen molar-refractivity contribution < 1.29 is 27.8 Å². The van der Waals surface area contributed by atoms with Gasteiger partial charge in [0.15, 0.2) is 23.2 Å². The van der Waals surface area contributed by atoms with Gasteiger partial charge in [-0.1, -0.05) is 0 Å². The summed E-state index contributed by atoms with van der Waals surface area (Å²) < 4.78 is 51.1. The van der Waals surface area contributed by atoms with E-state index >= 15 is 0 Å². The van der Waals surface area contributed by atoms with Crippen LogP contribution in [0.25, 0.3) is 0 Å². The Labute approximate surface area is 132 Å². The predicted octanol–water partition coefficient (Wildman–Crippen LogP) is 2.41. The maximum absolute atomic E-state index is 13.4. The van der Waals surface area contributed by atoms with E-state index in [4.69, 9.17) is 9.47 Å². The monoisotopic (exact) mass is 331 g/mol. The average Bonchev–Trinajstić information content (AvgIpc) is 3.00. The first-order valence-corrected chi connectivity index (χ1v) is 7.82. The van der Waals surface area contributed by atoms with E-state index in [-0.39, 0.29) is 18.2 Å². The second kappa shape index (κ2) is 6.76. The Kier molecular flexibility index (Phi) is 4.91. The van der Waals surface area contributed by atoms with Crippen molar-refractivity contribution in [2.45, 2.75) is 43.6 Å². The van der Waals surface area contributed by atoms with Crippen LogP contribution in [0.4, 0.5) is 13.2 Å². The number of halogens is 3. The lowest BCUT2D eigenvalue weighted by Gasteiger charge is -2.37. The molecule has 0 radical (unpaired) electrons. The van der Waals surface area contributed by atoms with Crippen LogP contribution in [0.5, 0.6) is 0 Å². The SMILES string of the molecule is OCC(NC1CCC2(CC1)OCCO2)c1cc(F)c(F)c(F)c1. The van der Waals surface area contributed by atoms with Crippen molar-refractivity contribution in [3.8, 4) is 0 Å². The largest absolute Gasteiger partial charge is 0.394 e. The Morgan fingerprint density at radius 2 is 1.70 bits per heavy atom. The van der Waals surface area contributed by atoms with Crippen LogP contribution < -0.4 is 5.32 Å². The Balaban J connectivity index is 1.64. The standard InChI is InChI=1S/C16H20F3NO3/c17-12-7-10(8-13(18)15(12)19)14(9-21)20-11-1-3-16(4-2-11)22-5-6-23-16/h7-8,11,14,20-21H,1-6,9H2. The highest BCUT2D eigenvalue weighted by Crippen LogP contribution is 2.36. The molecule has 2 fully saturated rings. The average molecular weight is 331 g/mol. The molecule has 1 aliphatic heterocycles. The zero-order valence-corrected chi connectivity index (χ0v) is 12.7. The van der Waals surface area contributed by atoms with Gasteiger partial charge in [-0.3, -0.25) is 0 Å². The van der Waals surface area contributed by atoms with Gasteiger partial charge in [-0.05, 0) is 30.5 Å². The van der Waals surface area contributed by atoms with E-state index in [1.165, 1.54) is 0 Å². The van der Waals surface area contributed by atoms with Crippen molar-refractivity contribution in [1.82, 2.24) is 5.32 Å². The fraction of sp³-hybridized carbons (Fsp3) is 0.625. The first-order valence-electron chi connectivity index (χ1n) is 7.82. The number of hydrogen-bond donors (Lipinski definition) is 2. The number of rotatable bonds is 4. The Morgan fingerprint density at radius 3 is 2.22 bits per heavy atom. The summed E-state index contributed by atoms with van der Waals surface area (Å²) in [6.07, 6.45) is 3.00. The highest BCUT2D eigenvalue weighted by molar-refractivity contribution is 5.23. The predicted molar refractivity (Wildman–Crippen MR) is 76.2 cm³/mol. The third-order valence-electron chi connectivity index (χ3n) is 4.59. The molecule has 0 amide bonds. The number of nitrogens with one attached hydrogen (secondary N) is 1.